The van der Waals surface area contributed by atoms with E-state index in [1.54, 1.807) is 45.0 Å². The Balaban J connectivity index is 2.49. The van der Waals surface area contributed by atoms with Crippen molar-refractivity contribution in [1.29, 1.82) is 0 Å². The van der Waals surface area contributed by atoms with Gasteiger partial charge in [0.05, 0.1) is 5.69 Å². The number of nitrogens with zero attached hydrogens (tertiary/aromatic N) is 1. The Morgan fingerprint density at radius 1 is 1.19 bits per heavy atom. The van der Waals surface area contributed by atoms with Crippen molar-refractivity contribution in [2.45, 2.75) is 13.8 Å². The molecule has 0 saturated carbocycles. The zero-order valence-corrected chi connectivity index (χ0v) is 12.9. The molecular formula is C15H22FN3O2. The Bertz CT molecular complexity index is 516. The average Bonchev–Trinajstić information content (AvgIpc) is 2.42. The third-order valence-electron chi connectivity index (χ3n) is 2.93. The molecule has 1 aromatic rings. The number of carbonyl (C=O) groups is 2. The summed E-state index contributed by atoms with van der Waals surface area (Å²) in [6, 6.07) is 4.34. The lowest BCUT2D eigenvalue weighted by Gasteiger charge is -2.14. The summed E-state index contributed by atoms with van der Waals surface area (Å²) in [4.78, 5) is 24.8. The first-order chi connectivity index (χ1) is 9.82. The Morgan fingerprint density at radius 2 is 1.81 bits per heavy atom. The molecule has 0 aromatic heterocycles. The van der Waals surface area contributed by atoms with Gasteiger partial charge in [-0.15, -0.1) is 0 Å². The maximum atomic E-state index is 13.8. The molecule has 0 atom stereocenters. The Kier molecular flexibility index (Phi) is 6.14. The van der Waals surface area contributed by atoms with Gasteiger partial charge in [-0.25, -0.2) is 4.39 Å². The van der Waals surface area contributed by atoms with E-state index in [0.29, 0.717) is 18.8 Å². The van der Waals surface area contributed by atoms with Crippen LogP contribution in [0.4, 0.5) is 10.1 Å². The van der Waals surface area contributed by atoms with Crippen molar-refractivity contribution < 1.29 is 14.0 Å². The number of benzene rings is 1. The fourth-order valence-corrected chi connectivity index (χ4v) is 1.68. The molecule has 116 valence electrons. The highest BCUT2D eigenvalue weighted by Crippen LogP contribution is 2.18. The number of carbonyl (C=O) groups excluding carboxylic acids is 2. The number of anilines is 1. The van der Waals surface area contributed by atoms with Crippen LogP contribution in [0.3, 0.4) is 0 Å². The first-order valence-corrected chi connectivity index (χ1v) is 6.85. The van der Waals surface area contributed by atoms with Gasteiger partial charge in [0.15, 0.2) is 0 Å². The summed E-state index contributed by atoms with van der Waals surface area (Å²) in [5.74, 6) is -0.960. The molecule has 0 saturated heterocycles. The number of amides is 2. The Hall–Kier alpha value is -2.11. The predicted molar refractivity (Wildman–Crippen MR) is 80.9 cm³/mol. The molecule has 0 aliphatic heterocycles. The van der Waals surface area contributed by atoms with Crippen LogP contribution in [0.2, 0.25) is 0 Å². The minimum atomic E-state index is -0.444. The van der Waals surface area contributed by atoms with Crippen molar-refractivity contribution >= 4 is 17.5 Å². The lowest BCUT2D eigenvalue weighted by molar-refractivity contribution is -0.123. The fourth-order valence-electron chi connectivity index (χ4n) is 1.68. The summed E-state index contributed by atoms with van der Waals surface area (Å²) in [5.41, 5.74) is 0.684. The van der Waals surface area contributed by atoms with Crippen molar-refractivity contribution in [2.24, 2.45) is 5.92 Å². The molecule has 0 spiro atoms. The summed E-state index contributed by atoms with van der Waals surface area (Å²) in [6.45, 7) is 4.24. The van der Waals surface area contributed by atoms with Crippen molar-refractivity contribution in [3.8, 4) is 0 Å². The number of nitrogens with one attached hydrogen (secondary N) is 2. The lowest BCUT2D eigenvalue weighted by atomic mass is 10.1. The summed E-state index contributed by atoms with van der Waals surface area (Å²) in [5, 5.41) is 5.33. The van der Waals surface area contributed by atoms with Gasteiger partial charge in [-0.1, -0.05) is 13.8 Å². The molecule has 1 rings (SSSR count). The van der Waals surface area contributed by atoms with Crippen LogP contribution in [-0.4, -0.2) is 39.0 Å². The van der Waals surface area contributed by atoms with E-state index in [1.807, 2.05) is 0 Å². The SMILES string of the molecule is CC(C)C(=O)NCCNC(=O)c1ccc(N(C)C)c(F)c1. The summed E-state index contributed by atoms with van der Waals surface area (Å²) < 4.78 is 13.8. The molecule has 0 aliphatic rings. The van der Waals surface area contributed by atoms with Gasteiger partial charge in [-0.3, -0.25) is 9.59 Å². The summed E-state index contributed by atoms with van der Waals surface area (Å²) >= 11 is 0. The number of halogens is 1. The van der Waals surface area contributed by atoms with Gasteiger partial charge in [0.25, 0.3) is 5.91 Å². The molecule has 2 amide bonds. The van der Waals surface area contributed by atoms with Gasteiger partial charge in [-0.2, -0.15) is 0 Å². The maximum absolute atomic E-state index is 13.8. The number of rotatable bonds is 6. The lowest BCUT2D eigenvalue weighted by Crippen LogP contribution is -2.36. The van der Waals surface area contributed by atoms with Crippen molar-refractivity contribution in [2.75, 3.05) is 32.1 Å². The number of hydrogen-bond acceptors (Lipinski definition) is 3. The van der Waals surface area contributed by atoms with Crippen LogP contribution >= 0.6 is 0 Å². The molecular weight excluding hydrogens is 273 g/mol. The third-order valence-corrected chi connectivity index (χ3v) is 2.93. The van der Waals surface area contributed by atoms with E-state index < -0.39 is 5.82 Å². The Labute approximate surface area is 124 Å². The zero-order chi connectivity index (χ0) is 16.0. The molecule has 0 fully saturated rings. The highest BCUT2D eigenvalue weighted by Gasteiger charge is 2.11. The van der Waals surface area contributed by atoms with E-state index in [-0.39, 0.29) is 23.3 Å². The standard InChI is InChI=1S/C15H22FN3O2/c1-10(2)14(20)17-7-8-18-15(21)11-5-6-13(19(3)4)12(16)9-11/h5-6,9-10H,7-8H2,1-4H3,(H,17,20)(H,18,21). The van der Waals surface area contributed by atoms with Crippen molar-refractivity contribution in [3.05, 3.63) is 29.6 Å². The maximum Gasteiger partial charge on any atom is 0.251 e. The molecule has 0 unspecified atom stereocenters. The molecule has 6 heteroatoms. The summed E-state index contributed by atoms with van der Waals surface area (Å²) in [7, 11) is 3.46. The molecule has 0 aliphatic carbocycles. The zero-order valence-electron chi connectivity index (χ0n) is 12.9. The quantitative estimate of drug-likeness (QED) is 0.780. The van der Waals surface area contributed by atoms with Crippen LogP contribution in [0.1, 0.15) is 24.2 Å². The Morgan fingerprint density at radius 3 is 2.33 bits per heavy atom. The van der Waals surface area contributed by atoms with Gasteiger partial charge < -0.3 is 15.5 Å². The molecule has 0 bridgehead atoms. The smallest absolute Gasteiger partial charge is 0.251 e. The second-order valence-electron chi connectivity index (χ2n) is 5.26. The van der Waals surface area contributed by atoms with Crippen molar-refractivity contribution in [1.82, 2.24) is 10.6 Å². The predicted octanol–water partition coefficient (Wildman–Crippen LogP) is 1.39. The van der Waals surface area contributed by atoms with Crippen LogP contribution in [0, 0.1) is 11.7 Å². The molecule has 2 N–H and O–H groups in total. The minimum absolute atomic E-state index is 0.0642. The normalized spacial score (nSPS) is 10.4. The van der Waals surface area contributed by atoms with E-state index in [0.717, 1.165) is 0 Å². The highest BCUT2D eigenvalue weighted by molar-refractivity contribution is 5.94. The minimum Gasteiger partial charge on any atom is -0.375 e. The topological polar surface area (TPSA) is 61.4 Å². The average molecular weight is 295 g/mol. The van der Waals surface area contributed by atoms with Gasteiger partial charge in [-0.05, 0) is 18.2 Å². The van der Waals surface area contributed by atoms with E-state index >= 15 is 0 Å². The van der Waals surface area contributed by atoms with Crippen LogP contribution in [-0.2, 0) is 4.79 Å². The van der Waals surface area contributed by atoms with Crippen LogP contribution in [0.5, 0.6) is 0 Å². The van der Waals surface area contributed by atoms with Crippen LogP contribution < -0.4 is 15.5 Å². The van der Waals surface area contributed by atoms with Gasteiger partial charge in [0, 0.05) is 38.7 Å². The summed E-state index contributed by atoms with van der Waals surface area (Å²) in [6.07, 6.45) is 0. The monoisotopic (exact) mass is 295 g/mol. The molecule has 0 heterocycles. The highest BCUT2D eigenvalue weighted by atomic mass is 19.1. The van der Waals surface area contributed by atoms with E-state index in [2.05, 4.69) is 10.6 Å². The molecule has 5 nitrogen and oxygen atoms in total. The number of hydrogen-bond donors (Lipinski definition) is 2. The van der Waals surface area contributed by atoms with Crippen molar-refractivity contribution in [3.63, 3.8) is 0 Å². The van der Waals surface area contributed by atoms with E-state index in [4.69, 9.17) is 0 Å². The van der Waals surface area contributed by atoms with Gasteiger partial charge >= 0.3 is 0 Å². The van der Waals surface area contributed by atoms with Crippen LogP contribution in [0.15, 0.2) is 18.2 Å². The molecule has 1 aromatic carbocycles. The van der Waals surface area contributed by atoms with Gasteiger partial charge in [0.1, 0.15) is 5.82 Å². The molecule has 21 heavy (non-hydrogen) atoms. The van der Waals surface area contributed by atoms with E-state index in [1.165, 1.54) is 6.07 Å². The molecule has 0 radical (unpaired) electrons. The van der Waals surface area contributed by atoms with Gasteiger partial charge in [0.2, 0.25) is 5.91 Å². The second kappa shape index (κ2) is 7.61. The third kappa shape index (κ3) is 5.06. The first-order valence-electron chi connectivity index (χ1n) is 6.85. The van der Waals surface area contributed by atoms with E-state index in [9.17, 15) is 14.0 Å². The largest absolute Gasteiger partial charge is 0.375 e. The van der Waals surface area contributed by atoms with Crippen LogP contribution in [0.25, 0.3) is 0 Å². The second-order valence-corrected chi connectivity index (χ2v) is 5.26. The fraction of sp³-hybridized carbons (Fsp3) is 0.467. The first kappa shape index (κ1) is 16.9.